The van der Waals surface area contributed by atoms with Gasteiger partial charge in [0.2, 0.25) is 0 Å². The number of carbonyl (C=O) groups excluding carboxylic acids is 1. The van der Waals surface area contributed by atoms with E-state index in [1.807, 2.05) is 20.8 Å². The van der Waals surface area contributed by atoms with Crippen LogP contribution in [0.2, 0.25) is 0 Å². The van der Waals surface area contributed by atoms with Crippen LogP contribution in [0.3, 0.4) is 0 Å². The van der Waals surface area contributed by atoms with Crippen LogP contribution >= 0.6 is 0 Å². The number of benzene rings is 1. The van der Waals surface area contributed by atoms with Gasteiger partial charge in [0.15, 0.2) is 11.6 Å². The molecule has 0 atom stereocenters. The van der Waals surface area contributed by atoms with Crippen molar-refractivity contribution in [3.63, 3.8) is 0 Å². The number of imidazole rings is 1. The van der Waals surface area contributed by atoms with Gasteiger partial charge in [-0.05, 0) is 38.5 Å². The summed E-state index contributed by atoms with van der Waals surface area (Å²) in [6.45, 7) is 10.4. The fraction of sp³-hybridized carbons (Fsp3) is 0.368. The van der Waals surface area contributed by atoms with Gasteiger partial charge in [-0.25, -0.2) is 18.6 Å². The molecule has 0 aliphatic heterocycles. The van der Waals surface area contributed by atoms with Gasteiger partial charge in [0, 0.05) is 31.0 Å². The Morgan fingerprint density at radius 1 is 1.35 bits per heavy atom. The Hall–Kier alpha value is -2.70. The molecule has 1 N–H and O–H groups in total. The molecule has 0 saturated carbocycles. The number of nitrogens with one attached hydrogen (secondary N) is 1. The fourth-order valence-corrected chi connectivity index (χ4v) is 2.42. The van der Waals surface area contributed by atoms with E-state index in [0.29, 0.717) is 24.5 Å². The first-order valence-electron chi connectivity index (χ1n) is 8.31. The Bertz CT molecular complexity index is 780. The molecule has 0 aliphatic carbocycles. The topological polar surface area (TPSA) is 50.2 Å². The quantitative estimate of drug-likeness (QED) is 0.797. The average Bonchev–Trinajstić information content (AvgIpc) is 2.96. The molecule has 0 unspecified atom stereocenters. The lowest BCUT2D eigenvalue weighted by molar-refractivity contribution is 0.190. The van der Waals surface area contributed by atoms with Crippen molar-refractivity contribution >= 4 is 6.03 Å². The summed E-state index contributed by atoms with van der Waals surface area (Å²) in [4.78, 5) is 18.3. The van der Waals surface area contributed by atoms with Crippen molar-refractivity contribution in [1.82, 2.24) is 19.8 Å². The van der Waals surface area contributed by atoms with Crippen LogP contribution in [0.4, 0.5) is 13.6 Å². The fourth-order valence-electron chi connectivity index (χ4n) is 2.42. The van der Waals surface area contributed by atoms with Gasteiger partial charge >= 0.3 is 6.03 Å². The number of urea groups is 1. The maximum Gasteiger partial charge on any atom is 0.318 e. The first-order valence-corrected chi connectivity index (χ1v) is 8.31. The highest BCUT2D eigenvalue weighted by Crippen LogP contribution is 2.13. The van der Waals surface area contributed by atoms with Crippen molar-refractivity contribution in [3.05, 3.63) is 66.3 Å². The molecule has 2 amide bonds. The monoisotopic (exact) mass is 362 g/mol. The van der Waals surface area contributed by atoms with Gasteiger partial charge in [0.1, 0.15) is 5.82 Å². The third kappa shape index (κ3) is 5.40. The Labute approximate surface area is 152 Å². The molecular formula is C19H24F2N4O. The highest BCUT2D eigenvalue weighted by atomic mass is 19.2. The van der Waals surface area contributed by atoms with E-state index in [1.165, 1.54) is 6.07 Å². The number of halogens is 2. The van der Waals surface area contributed by atoms with Gasteiger partial charge < -0.3 is 14.8 Å². The predicted octanol–water partition coefficient (Wildman–Crippen LogP) is 3.71. The largest absolute Gasteiger partial charge is 0.333 e. The van der Waals surface area contributed by atoms with Crippen LogP contribution in [0, 0.1) is 11.6 Å². The summed E-state index contributed by atoms with van der Waals surface area (Å²) < 4.78 is 28.3. The van der Waals surface area contributed by atoms with Crippen LogP contribution in [-0.2, 0) is 13.1 Å². The average molecular weight is 362 g/mol. The zero-order chi connectivity index (χ0) is 19.3. The van der Waals surface area contributed by atoms with E-state index in [2.05, 4.69) is 16.9 Å². The van der Waals surface area contributed by atoms with E-state index in [9.17, 15) is 13.6 Å². The smallest absolute Gasteiger partial charge is 0.318 e. The molecule has 2 rings (SSSR count). The molecule has 0 bridgehead atoms. The normalized spacial score (nSPS) is 11.3. The summed E-state index contributed by atoms with van der Waals surface area (Å²) in [7, 11) is 0. The minimum Gasteiger partial charge on any atom is -0.333 e. The second kappa shape index (κ2) is 8.12. The van der Waals surface area contributed by atoms with E-state index in [4.69, 9.17) is 0 Å². The summed E-state index contributed by atoms with van der Waals surface area (Å²) in [6, 6.07) is 3.56. The molecule has 1 aromatic heterocycles. The van der Waals surface area contributed by atoms with E-state index in [1.54, 1.807) is 27.9 Å². The number of carbonyl (C=O) groups is 1. The van der Waals surface area contributed by atoms with Crippen LogP contribution < -0.4 is 5.32 Å². The Kier molecular flexibility index (Phi) is 6.13. The number of hydrogen-bond acceptors (Lipinski definition) is 2. The third-order valence-electron chi connectivity index (χ3n) is 3.59. The number of rotatable bonds is 6. The van der Waals surface area contributed by atoms with Crippen LogP contribution in [0.5, 0.6) is 0 Å². The zero-order valence-electron chi connectivity index (χ0n) is 15.3. The van der Waals surface area contributed by atoms with Crippen molar-refractivity contribution < 1.29 is 13.6 Å². The van der Waals surface area contributed by atoms with Crippen LogP contribution in [-0.4, -0.2) is 32.6 Å². The Morgan fingerprint density at radius 2 is 2.08 bits per heavy atom. The van der Waals surface area contributed by atoms with E-state index < -0.39 is 11.6 Å². The predicted molar refractivity (Wildman–Crippen MR) is 96.6 cm³/mol. The van der Waals surface area contributed by atoms with Gasteiger partial charge in [-0.15, -0.1) is 6.58 Å². The molecule has 1 heterocycles. The minimum absolute atomic E-state index is 0.222. The SMILES string of the molecule is C=CCN(Cc1nccn1Cc1ccc(F)c(F)c1)C(=O)NC(C)(C)C. The lowest BCUT2D eigenvalue weighted by Gasteiger charge is -2.27. The Balaban J connectivity index is 2.15. The molecule has 2 aromatic rings. The number of aromatic nitrogens is 2. The molecule has 0 saturated heterocycles. The van der Waals surface area contributed by atoms with Crippen LogP contribution in [0.15, 0.2) is 43.2 Å². The zero-order valence-corrected chi connectivity index (χ0v) is 15.3. The molecule has 26 heavy (non-hydrogen) atoms. The van der Waals surface area contributed by atoms with Gasteiger partial charge in [-0.1, -0.05) is 12.1 Å². The standard InChI is InChI=1S/C19H24F2N4O/c1-5-9-25(18(26)23-19(2,3)4)13-17-22-8-10-24(17)12-14-6-7-15(20)16(21)11-14/h5-8,10-11H,1,9,12-13H2,2-4H3,(H,23,26). The Morgan fingerprint density at radius 3 is 2.69 bits per heavy atom. The van der Waals surface area contributed by atoms with Crippen LogP contribution in [0.1, 0.15) is 32.2 Å². The van der Waals surface area contributed by atoms with Gasteiger partial charge in [0.25, 0.3) is 0 Å². The second-order valence-electron chi connectivity index (χ2n) is 7.07. The van der Waals surface area contributed by atoms with Gasteiger partial charge in [-0.3, -0.25) is 0 Å². The van der Waals surface area contributed by atoms with Crippen molar-refractivity contribution in [3.8, 4) is 0 Å². The molecule has 0 aliphatic rings. The molecule has 140 valence electrons. The molecule has 5 nitrogen and oxygen atoms in total. The summed E-state index contributed by atoms with van der Waals surface area (Å²) in [6.07, 6.45) is 5.00. The van der Waals surface area contributed by atoms with Crippen LogP contribution in [0.25, 0.3) is 0 Å². The summed E-state index contributed by atoms with van der Waals surface area (Å²) in [5.41, 5.74) is 0.245. The highest BCUT2D eigenvalue weighted by molar-refractivity contribution is 5.75. The van der Waals surface area contributed by atoms with Crippen molar-refractivity contribution in [2.45, 2.75) is 39.4 Å². The lowest BCUT2D eigenvalue weighted by Crippen LogP contribution is -2.48. The van der Waals surface area contributed by atoms with E-state index >= 15 is 0 Å². The molecule has 0 fully saturated rings. The number of nitrogens with zero attached hydrogens (tertiary/aromatic N) is 3. The highest BCUT2D eigenvalue weighted by Gasteiger charge is 2.20. The first kappa shape index (κ1) is 19.6. The molecular weight excluding hydrogens is 338 g/mol. The maximum absolute atomic E-state index is 13.4. The molecule has 0 spiro atoms. The summed E-state index contributed by atoms with van der Waals surface area (Å²) in [5.74, 6) is -1.13. The molecule has 1 aromatic carbocycles. The van der Waals surface area contributed by atoms with Crippen molar-refractivity contribution in [1.29, 1.82) is 0 Å². The third-order valence-corrected chi connectivity index (χ3v) is 3.59. The number of amides is 2. The minimum atomic E-state index is -0.887. The lowest BCUT2D eigenvalue weighted by atomic mass is 10.1. The van der Waals surface area contributed by atoms with Gasteiger partial charge in [-0.2, -0.15) is 0 Å². The van der Waals surface area contributed by atoms with Crippen molar-refractivity contribution in [2.24, 2.45) is 0 Å². The first-order chi connectivity index (χ1) is 12.2. The maximum atomic E-state index is 13.4. The number of hydrogen-bond donors (Lipinski definition) is 1. The van der Waals surface area contributed by atoms with E-state index in [-0.39, 0.29) is 18.1 Å². The second-order valence-corrected chi connectivity index (χ2v) is 7.07. The summed E-state index contributed by atoms with van der Waals surface area (Å²) >= 11 is 0. The van der Waals surface area contributed by atoms with Crippen molar-refractivity contribution in [2.75, 3.05) is 6.54 Å². The molecule has 7 heteroatoms. The van der Waals surface area contributed by atoms with E-state index in [0.717, 1.165) is 12.1 Å². The summed E-state index contributed by atoms with van der Waals surface area (Å²) in [5, 5.41) is 2.91. The van der Waals surface area contributed by atoms with Gasteiger partial charge in [0.05, 0.1) is 6.54 Å². The molecule has 0 radical (unpaired) electrons.